The average Bonchev–Trinajstić information content (AvgIpc) is 3.13. The molecule has 0 radical (unpaired) electrons. The van der Waals surface area contributed by atoms with Crippen LogP contribution in [-0.4, -0.2) is 36.5 Å². The molecule has 28 heavy (non-hydrogen) atoms. The van der Waals surface area contributed by atoms with Crippen molar-refractivity contribution in [3.8, 4) is 11.5 Å². The second kappa shape index (κ2) is 7.92. The Morgan fingerprint density at radius 2 is 2.04 bits per heavy atom. The topological polar surface area (TPSA) is 60.4 Å². The summed E-state index contributed by atoms with van der Waals surface area (Å²) in [5.41, 5.74) is 2.98. The summed E-state index contributed by atoms with van der Waals surface area (Å²) < 4.78 is 16.8. The zero-order valence-corrected chi connectivity index (χ0v) is 16.2. The van der Waals surface area contributed by atoms with Crippen LogP contribution in [0, 0.1) is 0 Å². The van der Waals surface area contributed by atoms with Crippen LogP contribution in [0.3, 0.4) is 0 Å². The zero-order valence-electron chi connectivity index (χ0n) is 16.2. The molecule has 6 heteroatoms. The smallest absolute Gasteiger partial charge is 0.328 e. The monoisotopic (exact) mass is 380 g/mol. The van der Waals surface area contributed by atoms with E-state index in [1.807, 2.05) is 54.3 Å². The Hall–Kier alpha value is -3.02. The van der Waals surface area contributed by atoms with E-state index in [0.717, 1.165) is 35.5 Å². The number of esters is 1. The van der Waals surface area contributed by atoms with E-state index in [1.54, 1.807) is 7.11 Å². The van der Waals surface area contributed by atoms with Gasteiger partial charge in [0, 0.05) is 24.6 Å². The minimum absolute atomic E-state index is 0.176. The van der Waals surface area contributed by atoms with Crippen LogP contribution in [0.25, 0.3) is 0 Å². The van der Waals surface area contributed by atoms with Gasteiger partial charge in [0.1, 0.15) is 18.5 Å². The zero-order chi connectivity index (χ0) is 19.5. The summed E-state index contributed by atoms with van der Waals surface area (Å²) in [5.74, 6) is 2.10. The molecule has 0 N–H and O–H groups in total. The Kier molecular flexibility index (Phi) is 5.19. The molecule has 2 heterocycles. The number of carbonyl (C=O) groups excluding carboxylic acids is 1. The van der Waals surface area contributed by atoms with Gasteiger partial charge in [0.25, 0.3) is 0 Å². The van der Waals surface area contributed by atoms with Crippen molar-refractivity contribution in [2.45, 2.75) is 39.0 Å². The van der Waals surface area contributed by atoms with E-state index in [0.29, 0.717) is 31.3 Å². The largest absolute Gasteiger partial charge is 0.493 e. The number of benzene rings is 2. The Morgan fingerprint density at radius 3 is 2.79 bits per heavy atom. The number of fused-ring (bicyclic) bond motifs is 2. The molecule has 0 unspecified atom stereocenters. The van der Waals surface area contributed by atoms with Crippen molar-refractivity contribution in [1.82, 2.24) is 4.90 Å². The number of rotatable bonds is 6. The molecule has 0 aliphatic carbocycles. The summed E-state index contributed by atoms with van der Waals surface area (Å²) in [4.78, 5) is 19.1. The van der Waals surface area contributed by atoms with Gasteiger partial charge in [-0.2, -0.15) is 0 Å². The summed E-state index contributed by atoms with van der Waals surface area (Å²) in [6.45, 7) is 3.29. The molecule has 2 aromatic carbocycles. The number of aliphatic imine (C=N–C) groups is 1. The Bertz CT molecular complexity index is 895. The van der Waals surface area contributed by atoms with E-state index in [4.69, 9.17) is 19.2 Å². The lowest BCUT2D eigenvalue weighted by atomic mass is 10.1. The molecule has 1 atom stereocenters. The van der Waals surface area contributed by atoms with Crippen molar-refractivity contribution in [3.63, 3.8) is 0 Å². The molecular weight excluding hydrogens is 356 g/mol. The highest BCUT2D eigenvalue weighted by atomic mass is 16.5. The first-order chi connectivity index (χ1) is 13.7. The normalized spacial score (nSPS) is 17.4. The maximum atomic E-state index is 12.3. The number of nitrogens with zero attached hydrogens (tertiary/aromatic N) is 2. The van der Waals surface area contributed by atoms with Crippen LogP contribution in [0.1, 0.15) is 30.9 Å². The SMILES string of the molecule is CCOC(=O)[C@@H]1CCC2=Nc3cc(OC)c(OCc4ccccc4)cc3CN21. The van der Waals surface area contributed by atoms with Gasteiger partial charge in [0.15, 0.2) is 11.5 Å². The molecular formula is C22H24N2O4. The predicted molar refractivity (Wildman–Crippen MR) is 106 cm³/mol. The molecule has 0 amide bonds. The van der Waals surface area contributed by atoms with Crippen LogP contribution < -0.4 is 9.47 Å². The number of methoxy groups -OCH3 is 1. The third-order valence-corrected chi connectivity index (χ3v) is 5.10. The summed E-state index contributed by atoms with van der Waals surface area (Å²) in [7, 11) is 1.63. The van der Waals surface area contributed by atoms with E-state index in [-0.39, 0.29) is 12.0 Å². The van der Waals surface area contributed by atoms with Crippen molar-refractivity contribution < 1.29 is 19.0 Å². The molecule has 146 valence electrons. The Labute approximate surface area is 164 Å². The summed E-state index contributed by atoms with van der Waals surface area (Å²) >= 11 is 0. The van der Waals surface area contributed by atoms with E-state index >= 15 is 0 Å². The van der Waals surface area contributed by atoms with Gasteiger partial charge in [0.05, 0.1) is 19.4 Å². The van der Waals surface area contributed by atoms with Crippen molar-refractivity contribution in [2.24, 2.45) is 4.99 Å². The maximum absolute atomic E-state index is 12.3. The highest BCUT2D eigenvalue weighted by Crippen LogP contribution is 2.40. The second-order valence-electron chi connectivity index (χ2n) is 6.87. The van der Waals surface area contributed by atoms with Crippen molar-refractivity contribution >= 4 is 17.5 Å². The molecule has 0 bridgehead atoms. The number of amidine groups is 1. The molecule has 1 saturated heterocycles. The quantitative estimate of drug-likeness (QED) is 0.713. The predicted octanol–water partition coefficient (Wildman–Crippen LogP) is 3.85. The van der Waals surface area contributed by atoms with Gasteiger partial charge < -0.3 is 19.1 Å². The van der Waals surface area contributed by atoms with Crippen LogP contribution in [0.4, 0.5) is 5.69 Å². The van der Waals surface area contributed by atoms with Gasteiger partial charge in [-0.1, -0.05) is 30.3 Å². The Balaban J connectivity index is 1.57. The lowest BCUT2D eigenvalue weighted by Crippen LogP contribution is -2.40. The number of ether oxygens (including phenoxy) is 3. The highest BCUT2D eigenvalue weighted by Gasteiger charge is 2.38. The first kappa shape index (κ1) is 18.3. The van der Waals surface area contributed by atoms with Gasteiger partial charge in [-0.05, 0) is 25.0 Å². The minimum atomic E-state index is -0.261. The molecule has 4 rings (SSSR count). The first-order valence-electron chi connectivity index (χ1n) is 9.58. The number of hydrogen-bond donors (Lipinski definition) is 0. The summed E-state index contributed by atoms with van der Waals surface area (Å²) in [6.07, 6.45) is 1.51. The number of hydrogen-bond acceptors (Lipinski definition) is 6. The standard InChI is InChI=1S/C22H24N2O4/c1-3-27-22(25)18-9-10-21-23-17-12-19(26-2)20(11-16(17)13-24(18)21)28-14-15-7-5-4-6-8-15/h4-8,11-12,18H,3,9-10,13-14H2,1-2H3/t18-/m0/s1. The average molecular weight is 380 g/mol. The molecule has 1 fully saturated rings. The molecule has 0 saturated carbocycles. The first-order valence-corrected chi connectivity index (χ1v) is 9.58. The van der Waals surface area contributed by atoms with Crippen molar-refractivity contribution in [3.05, 3.63) is 53.6 Å². The van der Waals surface area contributed by atoms with Crippen LogP contribution >= 0.6 is 0 Å². The molecule has 2 aromatic rings. The lowest BCUT2D eigenvalue weighted by Gasteiger charge is -2.30. The van der Waals surface area contributed by atoms with E-state index in [1.165, 1.54) is 0 Å². The van der Waals surface area contributed by atoms with E-state index < -0.39 is 0 Å². The minimum Gasteiger partial charge on any atom is -0.493 e. The van der Waals surface area contributed by atoms with Crippen LogP contribution in [0.5, 0.6) is 11.5 Å². The van der Waals surface area contributed by atoms with Crippen molar-refractivity contribution in [2.75, 3.05) is 13.7 Å². The van der Waals surface area contributed by atoms with Gasteiger partial charge in [0.2, 0.25) is 0 Å². The van der Waals surface area contributed by atoms with Crippen LogP contribution in [-0.2, 0) is 22.7 Å². The fraction of sp³-hybridized carbons (Fsp3) is 0.364. The molecule has 0 spiro atoms. The fourth-order valence-corrected chi connectivity index (χ4v) is 3.70. The fourth-order valence-electron chi connectivity index (χ4n) is 3.70. The third-order valence-electron chi connectivity index (χ3n) is 5.10. The highest BCUT2D eigenvalue weighted by molar-refractivity contribution is 5.94. The number of carbonyl (C=O) groups is 1. The van der Waals surface area contributed by atoms with E-state index in [9.17, 15) is 4.79 Å². The molecule has 2 aliphatic rings. The van der Waals surface area contributed by atoms with Gasteiger partial charge in [-0.25, -0.2) is 9.79 Å². The maximum Gasteiger partial charge on any atom is 0.328 e. The molecule has 0 aromatic heterocycles. The van der Waals surface area contributed by atoms with Crippen LogP contribution in [0.15, 0.2) is 47.5 Å². The van der Waals surface area contributed by atoms with Gasteiger partial charge in [-0.3, -0.25) is 0 Å². The Morgan fingerprint density at radius 1 is 1.21 bits per heavy atom. The molecule has 6 nitrogen and oxygen atoms in total. The summed E-state index contributed by atoms with van der Waals surface area (Å²) in [6, 6.07) is 13.6. The van der Waals surface area contributed by atoms with Gasteiger partial charge >= 0.3 is 5.97 Å². The molecule has 2 aliphatic heterocycles. The third kappa shape index (κ3) is 3.54. The second-order valence-corrected chi connectivity index (χ2v) is 6.87. The van der Waals surface area contributed by atoms with Gasteiger partial charge in [-0.15, -0.1) is 0 Å². The lowest BCUT2D eigenvalue weighted by molar-refractivity contribution is -0.147. The van der Waals surface area contributed by atoms with Crippen LogP contribution in [0.2, 0.25) is 0 Å². The van der Waals surface area contributed by atoms with Crippen molar-refractivity contribution in [1.29, 1.82) is 0 Å². The van der Waals surface area contributed by atoms with E-state index in [2.05, 4.69) is 0 Å². The summed E-state index contributed by atoms with van der Waals surface area (Å²) in [5, 5.41) is 0.